The number of alkyl halides is 3. The van der Waals surface area contributed by atoms with E-state index in [0.29, 0.717) is 11.1 Å². The first-order valence-electron chi connectivity index (χ1n) is 10.3. The fourth-order valence-electron chi connectivity index (χ4n) is 3.72. The summed E-state index contributed by atoms with van der Waals surface area (Å²) in [5.74, 6) is -0.503. The van der Waals surface area contributed by atoms with Gasteiger partial charge in [-0.2, -0.15) is 13.2 Å². The molecule has 2 aromatic carbocycles. The molecule has 1 aliphatic rings. The first-order chi connectivity index (χ1) is 16.2. The van der Waals surface area contributed by atoms with Crippen molar-refractivity contribution in [1.82, 2.24) is 4.98 Å². The minimum atomic E-state index is -4.59. The van der Waals surface area contributed by atoms with Crippen LogP contribution in [0.1, 0.15) is 12.0 Å². The van der Waals surface area contributed by atoms with Crippen LogP contribution >= 0.6 is 0 Å². The largest absolute Gasteiger partial charge is 0.462 e. The molecule has 0 radical (unpaired) electrons. The molecule has 11 heteroatoms. The highest BCUT2D eigenvalue weighted by molar-refractivity contribution is 5.94. The van der Waals surface area contributed by atoms with Crippen molar-refractivity contribution in [2.75, 3.05) is 24.6 Å². The summed E-state index contributed by atoms with van der Waals surface area (Å²) < 4.78 is 50.4. The Kier molecular flexibility index (Phi) is 6.29. The number of halogens is 3. The molecule has 3 N–H and O–H groups in total. The van der Waals surface area contributed by atoms with E-state index in [1.807, 2.05) is 0 Å². The number of nitrogens with two attached hydrogens (primary N) is 1. The van der Waals surface area contributed by atoms with Gasteiger partial charge in [0, 0.05) is 28.9 Å². The van der Waals surface area contributed by atoms with Crippen LogP contribution in [0.25, 0.3) is 22.0 Å². The smallest absolute Gasteiger partial charge is 0.417 e. The topological polar surface area (TPSA) is 115 Å². The fraction of sp³-hybridized carbons (Fsp3) is 0.261. The minimum Gasteiger partial charge on any atom is -0.462 e. The summed E-state index contributed by atoms with van der Waals surface area (Å²) in [4.78, 5) is 40.3. The number of anilines is 1. The van der Waals surface area contributed by atoms with Crippen molar-refractivity contribution >= 4 is 28.5 Å². The predicted octanol–water partition coefficient (Wildman–Crippen LogP) is 3.43. The SMILES string of the molecule is NCCC(=O)OC[C@H]1CN(c2ccc3cc(-c4ccccc4C(F)(F)F)[nH]c(=O)c3c2)C(=O)O1. The lowest BCUT2D eigenvalue weighted by Crippen LogP contribution is -2.27. The minimum absolute atomic E-state index is 0.0260. The van der Waals surface area contributed by atoms with Gasteiger partial charge in [-0.3, -0.25) is 14.5 Å². The van der Waals surface area contributed by atoms with E-state index in [9.17, 15) is 27.6 Å². The van der Waals surface area contributed by atoms with Gasteiger partial charge in [-0.25, -0.2) is 4.79 Å². The van der Waals surface area contributed by atoms with Gasteiger partial charge in [0.2, 0.25) is 0 Å². The zero-order chi connectivity index (χ0) is 24.5. The highest BCUT2D eigenvalue weighted by Gasteiger charge is 2.34. The number of nitrogens with one attached hydrogen (secondary N) is 1. The van der Waals surface area contributed by atoms with Gasteiger partial charge in [-0.05, 0) is 29.7 Å². The third-order valence-corrected chi connectivity index (χ3v) is 5.32. The number of nitrogens with zero attached hydrogens (tertiary/aromatic N) is 1. The van der Waals surface area contributed by atoms with E-state index in [1.54, 1.807) is 12.1 Å². The lowest BCUT2D eigenvalue weighted by Gasteiger charge is -2.15. The maximum atomic E-state index is 13.4. The first kappa shape index (κ1) is 23.3. The van der Waals surface area contributed by atoms with Gasteiger partial charge < -0.3 is 20.2 Å². The second-order valence-corrected chi connectivity index (χ2v) is 7.67. The van der Waals surface area contributed by atoms with Gasteiger partial charge in [0.15, 0.2) is 6.10 Å². The van der Waals surface area contributed by atoms with E-state index in [4.69, 9.17) is 15.2 Å². The van der Waals surface area contributed by atoms with Gasteiger partial charge in [-0.15, -0.1) is 0 Å². The Balaban J connectivity index is 1.61. The molecule has 8 nitrogen and oxygen atoms in total. The van der Waals surface area contributed by atoms with Crippen molar-refractivity contribution in [3.05, 3.63) is 64.4 Å². The van der Waals surface area contributed by atoms with Crippen molar-refractivity contribution in [2.24, 2.45) is 5.73 Å². The molecule has 178 valence electrons. The van der Waals surface area contributed by atoms with Crippen molar-refractivity contribution in [3.8, 4) is 11.3 Å². The Hall–Kier alpha value is -3.86. The monoisotopic (exact) mass is 475 g/mol. The van der Waals surface area contributed by atoms with Crippen molar-refractivity contribution < 1.29 is 32.2 Å². The molecule has 2 heterocycles. The molecule has 34 heavy (non-hydrogen) atoms. The Morgan fingerprint density at radius 1 is 1.18 bits per heavy atom. The van der Waals surface area contributed by atoms with Crippen LogP contribution in [0, 0.1) is 0 Å². The standard InChI is InChI=1S/C23H20F3N3O5/c24-23(25,26)18-4-2-1-3-16(18)19-9-13-5-6-14(10-17(13)21(31)28-19)29-11-15(34-22(29)32)12-33-20(30)7-8-27/h1-6,9-10,15H,7-8,11-12,27H2,(H,28,31)/t15-/m1/s1. The molecular weight excluding hydrogens is 455 g/mol. The maximum Gasteiger partial charge on any atom is 0.417 e. The number of aromatic nitrogens is 1. The molecular formula is C23H20F3N3O5. The summed E-state index contributed by atoms with van der Waals surface area (Å²) >= 11 is 0. The molecule has 1 atom stereocenters. The molecule has 3 aromatic rings. The van der Waals surface area contributed by atoms with E-state index < -0.39 is 35.5 Å². The van der Waals surface area contributed by atoms with Crippen LogP contribution in [0.5, 0.6) is 0 Å². The number of esters is 1. The van der Waals surface area contributed by atoms with Crippen molar-refractivity contribution in [1.29, 1.82) is 0 Å². The third kappa shape index (κ3) is 4.74. The molecule has 0 saturated carbocycles. The van der Waals surface area contributed by atoms with Gasteiger partial charge in [0.05, 0.1) is 18.5 Å². The van der Waals surface area contributed by atoms with Crippen LogP contribution in [0.3, 0.4) is 0 Å². The highest BCUT2D eigenvalue weighted by atomic mass is 19.4. The summed E-state index contributed by atoms with van der Waals surface area (Å²) in [6.45, 7) is 0.108. The van der Waals surface area contributed by atoms with Crippen LogP contribution in [-0.2, 0) is 20.4 Å². The second kappa shape index (κ2) is 9.18. The molecule has 1 aliphatic heterocycles. The Labute approximate surface area is 191 Å². The van der Waals surface area contributed by atoms with Crippen molar-refractivity contribution in [3.63, 3.8) is 0 Å². The number of rotatable bonds is 6. The number of cyclic esters (lactones) is 1. The van der Waals surface area contributed by atoms with Crippen LogP contribution in [0.2, 0.25) is 0 Å². The maximum absolute atomic E-state index is 13.4. The summed E-state index contributed by atoms with van der Waals surface area (Å²) in [6.07, 6.45) is -5.90. The quantitative estimate of drug-likeness (QED) is 0.528. The average Bonchev–Trinajstić information content (AvgIpc) is 3.17. The Morgan fingerprint density at radius 2 is 1.94 bits per heavy atom. The molecule has 1 saturated heterocycles. The van der Waals surface area contributed by atoms with E-state index in [0.717, 1.165) is 6.07 Å². The number of hydrogen-bond donors (Lipinski definition) is 2. The van der Waals surface area contributed by atoms with Crippen LogP contribution in [-0.4, -0.2) is 42.8 Å². The molecule has 0 aliphatic carbocycles. The van der Waals surface area contributed by atoms with Crippen molar-refractivity contribution in [2.45, 2.75) is 18.7 Å². The van der Waals surface area contributed by atoms with Crippen LogP contribution < -0.4 is 16.2 Å². The number of ether oxygens (including phenoxy) is 2. The second-order valence-electron chi connectivity index (χ2n) is 7.67. The lowest BCUT2D eigenvalue weighted by atomic mass is 10.0. The Morgan fingerprint density at radius 3 is 2.68 bits per heavy atom. The summed E-state index contributed by atoms with van der Waals surface area (Å²) in [5.41, 5.74) is 4.06. The number of aromatic amines is 1. The average molecular weight is 475 g/mol. The normalized spacial score (nSPS) is 16.1. The van der Waals surface area contributed by atoms with E-state index in [1.165, 1.54) is 35.2 Å². The van der Waals surface area contributed by atoms with Crippen LogP contribution in [0.15, 0.2) is 53.3 Å². The highest BCUT2D eigenvalue weighted by Crippen LogP contribution is 2.36. The van der Waals surface area contributed by atoms with Gasteiger partial charge in [-0.1, -0.05) is 24.3 Å². The number of pyridine rings is 1. The van der Waals surface area contributed by atoms with Gasteiger partial charge in [0.1, 0.15) is 6.61 Å². The molecule has 0 spiro atoms. The summed E-state index contributed by atoms with van der Waals surface area (Å²) in [7, 11) is 0. The van der Waals surface area contributed by atoms with E-state index in [-0.39, 0.29) is 42.8 Å². The lowest BCUT2D eigenvalue weighted by molar-refractivity contribution is -0.145. The number of amides is 1. The molecule has 1 amide bonds. The van der Waals surface area contributed by atoms with Gasteiger partial charge in [0.25, 0.3) is 5.56 Å². The number of carbonyl (C=O) groups is 2. The zero-order valence-corrected chi connectivity index (χ0v) is 17.7. The predicted molar refractivity (Wildman–Crippen MR) is 117 cm³/mol. The number of carbonyl (C=O) groups excluding carboxylic acids is 2. The third-order valence-electron chi connectivity index (χ3n) is 5.32. The Bertz CT molecular complexity index is 1300. The van der Waals surface area contributed by atoms with E-state index in [2.05, 4.69) is 4.98 Å². The number of benzene rings is 2. The molecule has 0 unspecified atom stereocenters. The number of H-pyrrole nitrogens is 1. The number of fused-ring (bicyclic) bond motifs is 1. The molecule has 1 fully saturated rings. The fourth-order valence-corrected chi connectivity index (χ4v) is 3.72. The number of hydrogen-bond acceptors (Lipinski definition) is 6. The van der Waals surface area contributed by atoms with Crippen LogP contribution in [0.4, 0.5) is 23.7 Å². The molecule has 1 aromatic heterocycles. The zero-order valence-electron chi connectivity index (χ0n) is 17.7. The van der Waals surface area contributed by atoms with E-state index >= 15 is 0 Å². The summed E-state index contributed by atoms with van der Waals surface area (Å²) in [6, 6.07) is 11.0. The first-order valence-corrected chi connectivity index (χ1v) is 10.3. The molecule has 0 bridgehead atoms. The molecule has 4 rings (SSSR count). The summed E-state index contributed by atoms with van der Waals surface area (Å²) in [5, 5.41) is 0.593. The van der Waals surface area contributed by atoms with Gasteiger partial charge >= 0.3 is 18.2 Å².